The number of methoxy groups -OCH3 is 1. The highest BCUT2D eigenvalue weighted by atomic mass is 79.9. The molecule has 1 amide bonds. The van der Waals surface area contributed by atoms with Crippen LogP contribution < -0.4 is 10.2 Å². The van der Waals surface area contributed by atoms with Crippen molar-refractivity contribution in [2.24, 2.45) is 0 Å². The van der Waals surface area contributed by atoms with Crippen LogP contribution in [0, 0.1) is 0 Å². The minimum atomic E-state index is -0.563. The molecule has 3 aromatic rings. The van der Waals surface area contributed by atoms with E-state index in [9.17, 15) is 9.59 Å². The molecule has 1 atom stereocenters. The van der Waals surface area contributed by atoms with Crippen LogP contribution in [0.2, 0.25) is 0 Å². The monoisotopic (exact) mass is 499 g/mol. The molecule has 1 aliphatic rings. The number of halogens is 1. The first-order valence-electron chi connectivity index (χ1n) is 10.8. The largest absolute Gasteiger partial charge is 0.494 e. The number of carbonyl (C=O) groups excluding carboxylic acids is 1. The Morgan fingerprint density at radius 2 is 1.94 bits per heavy atom. The highest BCUT2D eigenvalue weighted by molar-refractivity contribution is 9.10. The number of nitrogens with zero attached hydrogens (tertiary/aromatic N) is 1. The van der Waals surface area contributed by atoms with Gasteiger partial charge >= 0.3 is 0 Å². The molecule has 0 spiro atoms. The second-order valence-electron chi connectivity index (χ2n) is 7.84. The molecule has 0 radical (unpaired) electrons. The Hall–Kier alpha value is -2.64. The van der Waals surface area contributed by atoms with Gasteiger partial charge in [-0.3, -0.25) is 9.59 Å². The minimum Gasteiger partial charge on any atom is -0.494 e. The zero-order valence-electron chi connectivity index (χ0n) is 18.2. The number of hydrogen-bond acceptors (Lipinski definition) is 5. The van der Waals surface area contributed by atoms with E-state index >= 15 is 0 Å². The molecule has 6 nitrogen and oxygen atoms in total. The van der Waals surface area contributed by atoms with Crippen molar-refractivity contribution < 1.29 is 18.7 Å². The van der Waals surface area contributed by atoms with Gasteiger partial charge in [-0.2, -0.15) is 0 Å². The zero-order valence-corrected chi connectivity index (χ0v) is 19.8. The Labute approximate surface area is 195 Å². The van der Waals surface area contributed by atoms with Crippen molar-refractivity contribution in [2.75, 3.05) is 26.9 Å². The van der Waals surface area contributed by atoms with Gasteiger partial charge < -0.3 is 18.8 Å². The molecule has 1 aromatic heterocycles. The summed E-state index contributed by atoms with van der Waals surface area (Å²) in [6.45, 7) is 3.47. The van der Waals surface area contributed by atoms with E-state index in [1.54, 1.807) is 30.2 Å². The van der Waals surface area contributed by atoms with E-state index in [4.69, 9.17) is 13.9 Å². The fourth-order valence-electron chi connectivity index (χ4n) is 4.08. The van der Waals surface area contributed by atoms with Crippen molar-refractivity contribution in [1.82, 2.24) is 4.90 Å². The van der Waals surface area contributed by atoms with Gasteiger partial charge in [-0.15, -0.1) is 0 Å². The smallest absolute Gasteiger partial charge is 0.290 e. The molecule has 1 aliphatic heterocycles. The summed E-state index contributed by atoms with van der Waals surface area (Å²) in [6.07, 6.45) is 3.22. The zero-order chi connectivity index (χ0) is 22.7. The second kappa shape index (κ2) is 9.88. The fourth-order valence-corrected chi connectivity index (χ4v) is 4.44. The third-order valence-corrected chi connectivity index (χ3v) is 6.15. The molecule has 0 saturated carbocycles. The van der Waals surface area contributed by atoms with Gasteiger partial charge in [-0.25, -0.2) is 0 Å². The van der Waals surface area contributed by atoms with Crippen molar-refractivity contribution in [3.8, 4) is 5.75 Å². The van der Waals surface area contributed by atoms with E-state index in [2.05, 4.69) is 22.9 Å². The van der Waals surface area contributed by atoms with Crippen molar-refractivity contribution >= 4 is 32.8 Å². The van der Waals surface area contributed by atoms with Crippen molar-refractivity contribution in [3.63, 3.8) is 0 Å². The summed E-state index contributed by atoms with van der Waals surface area (Å²) in [4.78, 5) is 28.4. The van der Waals surface area contributed by atoms with Crippen LogP contribution >= 0.6 is 15.9 Å². The lowest BCUT2D eigenvalue weighted by molar-refractivity contribution is 0.0663. The Bertz CT molecular complexity index is 1190. The van der Waals surface area contributed by atoms with Crippen molar-refractivity contribution in [1.29, 1.82) is 0 Å². The number of rotatable bonds is 9. The average Bonchev–Trinajstić information content (AvgIpc) is 3.08. The molecule has 2 aromatic carbocycles. The maximum atomic E-state index is 13.5. The van der Waals surface area contributed by atoms with Gasteiger partial charge in [0.1, 0.15) is 11.3 Å². The lowest BCUT2D eigenvalue weighted by Crippen LogP contribution is -2.32. The molecule has 0 N–H and O–H groups in total. The molecule has 168 valence electrons. The highest BCUT2D eigenvalue weighted by Crippen LogP contribution is 2.39. The predicted molar refractivity (Wildman–Crippen MR) is 126 cm³/mol. The SMILES string of the molecule is CCCCCOc1cccc(C2c3c(oc4ccc(Br)cc4c3=O)C(=O)N2CCOC)c1. The fraction of sp³-hybridized carbons (Fsp3) is 0.360. The van der Waals surface area contributed by atoms with Crippen LogP contribution in [0.3, 0.4) is 0 Å². The second-order valence-corrected chi connectivity index (χ2v) is 8.75. The van der Waals surface area contributed by atoms with Crippen LogP contribution in [0.15, 0.2) is 56.1 Å². The number of amides is 1. The normalized spacial score (nSPS) is 15.4. The highest BCUT2D eigenvalue weighted by Gasteiger charge is 2.42. The molecular weight excluding hydrogens is 474 g/mol. The van der Waals surface area contributed by atoms with Crippen molar-refractivity contribution in [2.45, 2.75) is 32.2 Å². The quantitative estimate of drug-likeness (QED) is 0.372. The number of ether oxygens (including phenoxy) is 2. The topological polar surface area (TPSA) is 69.0 Å². The van der Waals surface area contributed by atoms with E-state index in [1.807, 2.05) is 24.3 Å². The lowest BCUT2D eigenvalue weighted by Gasteiger charge is -2.25. The summed E-state index contributed by atoms with van der Waals surface area (Å²) in [6, 6.07) is 12.3. The number of hydrogen-bond donors (Lipinski definition) is 0. The number of carbonyl (C=O) groups is 1. The van der Waals surface area contributed by atoms with Gasteiger partial charge in [0.2, 0.25) is 5.76 Å². The molecule has 2 heterocycles. The van der Waals surface area contributed by atoms with Crippen LogP contribution in [0.1, 0.15) is 53.9 Å². The standard InChI is InChI=1S/C25H26BrNO5/c1-3-4-5-12-31-18-8-6-7-16(14-18)22-21-23(28)19-15-17(26)9-10-20(19)32-24(21)25(29)27(22)11-13-30-2/h6-10,14-15,22H,3-5,11-13H2,1-2H3. The number of fused-ring (bicyclic) bond motifs is 2. The molecule has 0 saturated heterocycles. The van der Waals surface area contributed by atoms with Crippen LogP contribution in [-0.4, -0.2) is 37.7 Å². The van der Waals surface area contributed by atoms with Gasteiger partial charge in [0.25, 0.3) is 5.91 Å². The van der Waals surface area contributed by atoms with Crippen LogP contribution in [0.4, 0.5) is 0 Å². The summed E-state index contributed by atoms with van der Waals surface area (Å²) < 4.78 is 17.9. The first kappa shape index (κ1) is 22.6. The van der Waals surface area contributed by atoms with Gasteiger partial charge in [0, 0.05) is 18.1 Å². The molecule has 0 aliphatic carbocycles. The number of benzene rings is 2. The maximum Gasteiger partial charge on any atom is 0.290 e. The summed E-state index contributed by atoms with van der Waals surface area (Å²) in [5.74, 6) is 0.512. The molecule has 1 unspecified atom stereocenters. The van der Waals surface area contributed by atoms with Gasteiger partial charge in [0.05, 0.1) is 30.2 Å². The molecular formula is C25H26BrNO5. The van der Waals surface area contributed by atoms with E-state index in [0.717, 1.165) is 35.0 Å². The lowest BCUT2D eigenvalue weighted by atomic mass is 9.98. The van der Waals surface area contributed by atoms with E-state index in [0.29, 0.717) is 36.3 Å². The first-order chi connectivity index (χ1) is 15.5. The van der Waals surface area contributed by atoms with Gasteiger partial charge in [-0.1, -0.05) is 47.8 Å². The average molecular weight is 500 g/mol. The number of unbranched alkanes of at least 4 members (excludes halogenated alkanes) is 2. The Balaban J connectivity index is 1.80. The van der Waals surface area contributed by atoms with E-state index in [1.165, 1.54) is 0 Å². The van der Waals surface area contributed by atoms with Crippen LogP contribution in [-0.2, 0) is 4.74 Å². The Kier molecular flexibility index (Phi) is 6.96. The first-order valence-corrected chi connectivity index (χ1v) is 11.6. The summed E-state index contributed by atoms with van der Waals surface area (Å²) in [5.41, 5.74) is 1.36. The third kappa shape index (κ3) is 4.32. The van der Waals surface area contributed by atoms with E-state index < -0.39 is 6.04 Å². The minimum absolute atomic E-state index is 0.0974. The van der Waals surface area contributed by atoms with E-state index in [-0.39, 0.29) is 17.1 Å². The molecule has 0 fully saturated rings. The summed E-state index contributed by atoms with van der Waals surface area (Å²) >= 11 is 3.42. The van der Waals surface area contributed by atoms with Crippen LogP contribution in [0.5, 0.6) is 5.75 Å². The molecule has 32 heavy (non-hydrogen) atoms. The Morgan fingerprint density at radius 1 is 1.09 bits per heavy atom. The molecule has 0 bridgehead atoms. The van der Waals surface area contributed by atoms with Crippen molar-refractivity contribution in [3.05, 3.63) is 74.0 Å². The summed E-state index contributed by atoms with van der Waals surface area (Å²) in [7, 11) is 1.59. The Morgan fingerprint density at radius 3 is 2.72 bits per heavy atom. The summed E-state index contributed by atoms with van der Waals surface area (Å²) in [5, 5.41) is 0.441. The predicted octanol–water partition coefficient (Wildman–Crippen LogP) is 5.32. The maximum absolute atomic E-state index is 13.5. The third-order valence-electron chi connectivity index (χ3n) is 5.65. The molecule has 4 rings (SSSR count). The van der Waals surface area contributed by atoms with Gasteiger partial charge in [-0.05, 0) is 42.3 Å². The molecule has 7 heteroatoms. The van der Waals surface area contributed by atoms with Gasteiger partial charge in [0.15, 0.2) is 5.43 Å². The van der Waals surface area contributed by atoms with Crippen LogP contribution in [0.25, 0.3) is 11.0 Å².